The molecule has 4 heteroatoms. The van der Waals surface area contributed by atoms with E-state index in [1.54, 1.807) is 0 Å². The first-order valence-corrected chi connectivity index (χ1v) is 9.12. The summed E-state index contributed by atoms with van der Waals surface area (Å²) >= 11 is 0. The number of hydrogen-bond donors (Lipinski definition) is 0. The lowest BCUT2D eigenvalue weighted by molar-refractivity contribution is 0.103. The van der Waals surface area contributed by atoms with Crippen molar-refractivity contribution in [2.75, 3.05) is 26.4 Å². The van der Waals surface area contributed by atoms with Gasteiger partial charge in [0, 0.05) is 17.2 Å². The van der Waals surface area contributed by atoms with Crippen LogP contribution < -0.4 is 0 Å². The van der Waals surface area contributed by atoms with E-state index in [1.165, 1.54) is 36.9 Å². The Hall–Kier alpha value is -1.65. The number of rotatable bonds is 3. The Morgan fingerprint density at radius 1 is 1.00 bits per heavy atom. The molecule has 2 saturated carbocycles. The van der Waals surface area contributed by atoms with Crippen LogP contribution in [0, 0.1) is 5.41 Å². The van der Waals surface area contributed by atoms with Gasteiger partial charge in [0.2, 0.25) is 0 Å². The molecule has 1 aromatic heterocycles. The summed E-state index contributed by atoms with van der Waals surface area (Å²) in [4.78, 5) is 4.82. The summed E-state index contributed by atoms with van der Waals surface area (Å²) in [6, 6.07) is 10.8. The minimum Gasteiger partial charge on any atom is -0.377 e. The van der Waals surface area contributed by atoms with Gasteiger partial charge in [-0.15, -0.1) is 0 Å². The van der Waals surface area contributed by atoms with Crippen LogP contribution in [0.25, 0.3) is 11.3 Å². The predicted molar refractivity (Wildman–Crippen MR) is 92.0 cm³/mol. The van der Waals surface area contributed by atoms with E-state index in [-0.39, 0.29) is 6.04 Å². The zero-order valence-corrected chi connectivity index (χ0v) is 14.0. The van der Waals surface area contributed by atoms with E-state index < -0.39 is 0 Å². The zero-order valence-electron chi connectivity index (χ0n) is 14.0. The van der Waals surface area contributed by atoms with Crippen molar-refractivity contribution in [1.82, 2.24) is 9.55 Å². The average molecular weight is 324 g/mol. The van der Waals surface area contributed by atoms with Crippen molar-refractivity contribution in [3.8, 4) is 11.3 Å². The summed E-state index contributed by atoms with van der Waals surface area (Å²) in [5, 5.41) is 0. The Morgan fingerprint density at radius 2 is 1.71 bits per heavy atom. The molecule has 5 rings (SSSR count). The molecule has 0 N–H and O–H groups in total. The fraction of sp³-hybridized carbons (Fsp3) is 0.550. The third-order valence-corrected chi connectivity index (χ3v) is 5.97. The topological polar surface area (TPSA) is 36.3 Å². The summed E-state index contributed by atoms with van der Waals surface area (Å²) < 4.78 is 13.8. The summed E-state index contributed by atoms with van der Waals surface area (Å²) in [5.41, 5.74) is 4.46. The van der Waals surface area contributed by atoms with Crippen molar-refractivity contribution in [2.45, 2.75) is 37.6 Å². The van der Waals surface area contributed by atoms with Gasteiger partial charge in [0.05, 0.1) is 44.5 Å². The summed E-state index contributed by atoms with van der Waals surface area (Å²) in [5.74, 6) is 0.633. The maximum absolute atomic E-state index is 5.74. The van der Waals surface area contributed by atoms with Gasteiger partial charge < -0.3 is 14.0 Å². The van der Waals surface area contributed by atoms with Gasteiger partial charge in [0.15, 0.2) is 0 Å². The van der Waals surface area contributed by atoms with Crippen LogP contribution >= 0.6 is 0 Å². The van der Waals surface area contributed by atoms with E-state index in [1.807, 2.05) is 6.33 Å². The lowest BCUT2D eigenvalue weighted by Gasteiger charge is -2.37. The van der Waals surface area contributed by atoms with E-state index in [4.69, 9.17) is 14.5 Å². The molecular formula is C20H24N2O2. The minimum atomic E-state index is 0.239. The lowest BCUT2D eigenvalue weighted by Crippen LogP contribution is -2.28. The summed E-state index contributed by atoms with van der Waals surface area (Å²) in [6.07, 6.45) is 7.51. The van der Waals surface area contributed by atoms with Crippen molar-refractivity contribution >= 4 is 0 Å². The molecule has 2 aromatic rings. The molecule has 1 aliphatic heterocycles. The number of aromatic nitrogens is 2. The maximum Gasteiger partial charge on any atom is 0.0960 e. The lowest BCUT2D eigenvalue weighted by atomic mass is 9.69. The van der Waals surface area contributed by atoms with Crippen LogP contribution in [0.3, 0.4) is 0 Å². The Balaban J connectivity index is 1.53. The van der Waals surface area contributed by atoms with Crippen molar-refractivity contribution < 1.29 is 9.47 Å². The molecule has 3 fully saturated rings. The van der Waals surface area contributed by atoms with Gasteiger partial charge >= 0.3 is 0 Å². The second-order valence-corrected chi connectivity index (χ2v) is 7.66. The standard InChI is InChI=1S/C20H24N2O2/c1-2-4-15(5-3-1)18-19(16-10-20(11-16)6-7-20)22(14-21-18)17-12-23-8-9-24-13-17/h1-5,14,16-17H,6-13H2. The molecule has 2 aliphatic carbocycles. The van der Waals surface area contributed by atoms with Crippen molar-refractivity contribution in [3.05, 3.63) is 42.4 Å². The number of imidazole rings is 1. The fourth-order valence-electron chi connectivity index (χ4n) is 4.41. The van der Waals surface area contributed by atoms with Gasteiger partial charge in [-0.1, -0.05) is 30.3 Å². The van der Waals surface area contributed by atoms with E-state index >= 15 is 0 Å². The SMILES string of the molecule is c1ccc(-c2ncn(C3COCCOC3)c2C2CC3(CC3)C2)cc1. The molecule has 0 atom stereocenters. The van der Waals surface area contributed by atoms with Crippen LogP contribution in [0.15, 0.2) is 36.7 Å². The second-order valence-electron chi connectivity index (χ2n) is 7.66. The molecule has 0 bridgehead atoms. The van der Waals surface area contributed by atoms with Crippen LogP contribution in [-0.4, -0.2) is 36.0 Å². The van der Waals surface area contributed by atoms with E-state index in [9.17, 15) is 0 Å². The van der Waals surface area contributed by atoms with E-state index in [0.29, 0.717) is 24.5 Å². The summed E-state index contributed by atoms with van der Waals surface area (Å²) in [6.45, 7) is 2.82. The molecular weight excluding hydrogens is 300 g/mol. The highest BCUT2D eigenvalue weighted by atomic mass is 16.5. The highest BCUT2D eigenvalue weighted by Gasteiger charge is 2.54. The van der Waals surface area contributed by atoms with Gasteiger partial charge in [-0.25, -0.2) is 4.98 Å². The van der Waals surface area contributed by atoms with Crippen LogP contribution in [0.2, 0.25) is 0 Å². The number of nitrogens with zero attached hydrogens (tertiary/aromatic N) is 2. The van der Waals surface area contributed by atoms with Crippen LogP contribution in [0.4, 0.5) is 0 Å². The van der Waals surface area contributed by atoms with Crippen LogP contribution in [0.1, 0.15) is 43.3 Å². The maximum atomic E-state index is 5.74. The van der Waals surface area contributed by atoms with Crippen LogP contribution in [-0.2, 0) is 9.47 Å². The normalized spacial score (nSPS) is 23.8. The smallest absolute Gasteiger partial charge is 0.0960 e. The number of hydrogen-bond acceptors (Lipinski definition) is 3. The molecule has 126 valence electrons. The highest BCUT2D eigenvalue weighted by molar-refractivity contribution is 5.63. The van der Waals surface area contributed by atoms with Crippen molar-refractivity contribution in [1.29, 1.82) is 0 Å². The molecule has 24 heavy (non-hydrogen) atoms. The number of benzene rings is 1. The minimum absolute atomic E-state index is 0.239. The fourth-order valence-corrected chi connectivity index (χ4v) is 4.41. The summed E-state index contributed by atoms with van der Waals surface area (Å²) in [7, 11) is 0. The molecule has 4 nitrogen and oxygen atoms in total. The molecule has 0 unspecified atom stereocenters. The molecule has 2 heterocycles. The zero-order chi connectivity index (χ0) is 16.0. The van der Waals surface area contributed by atoms with Crippen molar-refractivity contribution in [2.24, 2.45) is 5.41 Å². The van der Waals surface area contributed by atoms with Crippen molar-refractivity contribution in [3.63, 3.8) is 0 Å². The molecule has 3 aliphatic rings. The van der Waals surface area contributed by atoms with Crippen LogP contribution in [0.5, 0.6) is 0 Å². The van der Waals surface area contributed by atoms with E-state index in [0.717, 1.165) is 18.9 Å². The first-order valence-electron chi connectivity index (χ1n) is 9.12. The first kappa shape index (κ1) is 14.7. The quantitative estimate of drug-likeness (QED) is 0.862. The Bertz CT molecular complexity index is 704. The largest absolute Gasteiger partial charge is 0.377 e. The Kier molecular flexibility index (Phi) is 3.49. The molecule has 1 spiro atoms. The Labute approximate surface area is 142 Å². The van der Waals surface area contributed by atoms with Gasteiger partial charge in [-0.05, 0) is 31.1 Å². The monoisotopic (exact) mass is 324 g/mol. The molecule has 0 radical (unpaired) electrons. The third kappa shape index (κ3) is 2.49. The highest BCUT2D eigenvalue weighted by Crippen LogP contribution is 2.66. The predicted octanol–water partition coefficient (Wildman–Crippen LogP) is 3.80. The Morgan fingerprint density at radius 3 is 2.38 bits per heavy atom. The average Bonchev–Trinajstić information content (AvgIpc) is 3.34. The number of ether oxygens (including phenoxy) is 2. The third-order valence-electron chi connectivity index (χ3n) is 5.97. The first-order chi connectivity index (χ1) is 11.8. The second kappa shape index (κ2) is 5.71. The van der Waals surface area contributed by atoms with Gasteiger partial charge in [0.1, 0.15) is 0 Å². The van der Waals surface area contributed by atoms with E-state index in [2.05, 4.69) is 34.9 Å². The molecule has 1 saturated heterocycles. The van der Waals surface area contributed by atoms with Gasteiger partial charge in [-0.2, -0.15) is 0 Å². The van der Waals surface area contributed by atoms with Gasteiger partial charge in [-0.3, -0.25) is 0 Å². The van der Waals surface area contributed by atoms with Gasteiger partial charge in [0.25, 0.3) is 0 Å². The molecule has 0 amide bonds. The molecule has 1 aromatic carbocycles.